The van der Waals surface area contributed by atoms with Gasteiger partial charge in [0, 0.05) is 46.1 Å². The first-order chi connectivity index (χ1) is 18.7. The van der Waals surface area contributed by atoms with Crippen LogP contribution in [0.25, 0.3) is 0 Å². The van der Waals surface area contributed by atoms with Crippen molar-refractivity contribution in [1.29, 1.82) is 0 Å². The van der Waals surface area contributed by atoms with Crippen LogP contribution < -0.4 is 16.0 Å². The molecule has 210 valence electrons. The molecule has 1 fully saturated rings. The van der Waals surface area contributed by atoms with Crippen molar-refractivity contribution in [3.8, 4) is 0 Å². The SMILES string of the molecule is O=C(Nc1cc(C2CNCCS2(=O)=O)cc2c1C(c1cc(F)ccc1Cl)NC2=O)c1cc(F)cc(C(F)(F)F)c1. The maximum absolute atomic E-state index is 14.1. The van der Waals surface area contributed by atoms with Crippen LogP contribution in [-0.4, -0.2) is 39.1 Å². The molecule has 0 aliphatic carbocycles. The number of carbonyl (C=O) groups excluding carboxylic acids is 2. The summed E-state index contributed by atoms with van der Waals surface area (Å²) in [5.74, 6) is -4.00. The average Bonchev–Trinajstić information content (AvgIpc) is 3.20. The Morgan fingerprint density at radius 2 is 1.77 bits per heavy atom. The molecule has 7 nitrogen and oxygen atoms in total. The minimum atomic E-state index is -4.93. The number of sulfone groups is 1. The van der Waals surface area contributed by atoms with Gasteiger partial charge in [0.25, 0.3) is 11.8 Å². The fourth-order valence-corrected chi connectivity index (χ4v) is 6.70. The van der Waals surface area contributed by atoms with Crippen molar-refractivity contribution in [3.63, 3.8) is 0 Å². The number of alkyl halides is 3. The predicted octanol–water partition coefficient (Wildman–Crippen LogP) is 4.78. The maximum Gasteiger partial charge on any atom is 0.416 e. The number of carbonyl (C=O) groups is 2. The van der Waals surface area contributed by atoms with E-state index in [4.69, 9.17) is 11.6 Å². The van der Waals surface area contributed by atoms with E-state index in [9.17, 15) is 40.0 Å². The van der Waals surface area contributed by atoms with Gasteiger partial charge in [0.05, 0.1) is 22.6 Å². The van der Waals surface area contributed by atoms with Crippen molar-refractivity contribution in [2.45, 2.75) is 17.5 Å². The van der Waals surface area contributed by atoms with Crippen molar-refractivity contribution >= 4 is 38.9 Å². The molecule has 0 spiro atoms. The van der Waals surface area contributed by atoms with Crippen LogP contribution in [-0.2, 0) is 16.0 Å². The van der Waals surface area contributed by atoms with Gasteiger partial charge in [-0.2, -0.15) is 13.2 Å². The molecule has 14 heteroatoms. The Morgan fingerprint density at radius 3 is 2.48 bits per heavy atom. The molecule has 2 heterocycles. The summed E-state index contributed by atoms with van der Waals surface area (Å²) in [7, 11) is -3.67. The van der Waals surface area contributed by atoms with E-state index < -0.39 is 61.9 Å². The van der Waals surface area contributed by atoms with E-state index in [1.165, 1.54) is 18.2 Å². The zero-order valence-corrected chi connectivity index (χ0v) is 21.8. The second-order valence-corrected chi connectivity index (χ2v) is 12.1. The topological polar surface area (TPSA) is 104 Å². The summed E-state index contributed by atoms with van der Waals surface area (Å²) in [4.78, 5) is 26.2. The molecule has 2 amide bonds. The second-order valence-electron chi connectivity index (χ2n) is 9.34. The van der Waals surface area contributed by atoms with Crippen LogP contribution in [0.15, 0.2) is 48.5 Å². The Hall–Kier alpha value is -3.55. The summed E-state index contributed by atoms with van der Waals surface area (Å²) in [6, 6.07) is 6.25. The maximum atomic E-state index is 14.1. The summed E-state index contributed by atoms with van der Waals surface area (Å²) in [5, 5.41) is 6.96. The number of hydrogen-bond acceptors (Lipinski definition) is 5. The van der Waals surface area contributed by atoms with Gasteiger partial charge in [-0.15, -0.1) is 0 Å². The third kappa shape index (κ3) is 5.28. The van der Waals surface area contributed by atoms with Crippen LogP contribution in [0.3, 0.4) is 0 Å². The molecule has 3 N–H and O–H groups in total. The van der Waals surface area contributed by atoms with Crippen molar-refractivity contribution in [2.75, 3.05) is 24.2 Å². The molecule has 0 aromatic heterocycles. The second kappa shape index (κ2) is 10.1. The summed E-state index contributed by atoms with van der Waals surface area (Å²) in [6.45, 7) is 0.225. The molecule has 1 saturated heterocycles. The van der Waals surface area contributed by atoms with Crippen LogP contribution >= 0.6 is 11.6 Å². The van der Waals surface area contributed by atoms with Crippen molar-refractivity contribution in [1.82, 2.24) is 10.6 Å². The van der Waals surface area contributed by atoms with Crippen molar-refractivity contribution < 1.29 is 40.0 Å². The third-order valence-electron chi connectivity index (χ3n) is 6.71. The van der Waals surface area contributed by atoms with Crippen molar-refractivity contribution in [2.24, 2.45) is 0 Å². The highest BCUT2D eigenvalue weighted by molar-refractivity contribution is 7.91. The first-order valence-electron chi connectivity index (χ1n) is 11.8. The number of amides is 2. The number of nitrogens with one attached hydrogen (secondary N) is 3. The van der Waals surface area contributed by atoms with Gasteiger partial charge in [-0.1, -0.05) is 11.6 Å². The molecule has 2 atom stereocenters. The Labute approximate surface area is 229 Å². The van der Waals surface area contributed by atoms with Gasteiger partial charge in [0.2, 0.25) is 0 Å². The lowest BCUT2D eigenvalue weighted by molar-refractivity contribution is -0.137. The van der Waals surface area contributed by atoms with Crippen LogP contribution in [0.4, 0.5) is 27.6 Å². The highest BCUT2D eigenvalue weighted by Gasteiger charge is 2.38. The molecule has 3 aromatic carbocycles. The average molecular weight is 600 g/mol. The van der Waals surface area contributed by atoms with Crippen LogP contribution in [0.5, 0.6) is 0 Å². The molecular weight excluding hydrogens is 581 g/mol. The Kier molecular flexibility index (Phi) is 7.09. The van der Waals surface area contributed by atoms with Crippen LogP contribution in [0.1, 0.15) is 54.3 Å². The lowest BCUT2D eigenvalue weighted by Gasteiger charge is -2.25. The van der Waals surface area contributed by atoms with Gasteiger partial charge >= 0.3 is 6.18 Å². The van der Waals surface area contributed by atoms with Gasteiger partial charge in [0.15, 0.2) is 9.84 Å². The fourth-order valence-electron chi connectivity index (χ4n) is 4.83. The van der Waals surface area contributed by atoms with E-state index in [0.717, 1.165) is 12.1 Å². The quantitative estimate of drug-likeness (QED) is 0.375. The Balaban J connectivity index is 1.66. The van der Waals surface area contributed by atoms with E-state index in [0.29, 0.717) is 12.1 Å². The normalized spacial score (nSPS) is 20.1. The highest BCUT2D eigenvalue weighted by Crippen LogP contribution is 2.42. The summed E-state index contributed by atoms with van der Waals surface area (Å²) >= 11 is 6.27. The molecule has 0 saturated carbocycles. The fraction of sp³-hybridized carbons (Fsp3) is 0.231. The van der Waals surface area contributed by atoms with E-state index in [1.54, 1.807) is 0 Å². The standard InChI is InChI=1S/C26H19ClF5N3O4S/c27-19-2-1-15(28)10-17(19)23-22-18(25(37)35-23)7-12(21-11-33-3-4-40(21,38)39)8-20(22)34-24(36)13-5-14(26(30,31)32)9-16(29)6-13/h1-2,5-10,21,23,33H,3-4,11H2,(H,34,36)(H,35,37). The van der Waals surface area contributed by atoms with Crippen LogP contribution in [0.2, 0.25) is 5.02 Å². The first kappa shape index (κ1) is 28.0. The molecule has 0 bridgehead atoms. The highest BCUT2D eigenvalue weighted by atomic mass is 35.5. The number of benzene rings is 3. The lowest BCUT2D eigenvalue weighted by atomic mass is 9.93. The largest absolute Gasteiger partial charge is 0.416 e. The van der Waals surface area contributed by atoms with Crippen LogP contribution in [0, 0.1) is 11.6 Å². The molecule has 3 aromatic rings. The van der Waals surface area contributed by atoms with E-state index in [2.05, 4.69) is 16.0 Å². The van der Waals surface area contributed by atoms with Gasteiger partial charge in [-0.05, 0) is 54.1 Å². The molecule has 2 aliphatic heterocycles. The molecule has 40 heavy (non-hydrogen) atoms. The smallest absolute Gasteiger partial charge is 0.341 e. The monoisotopic (exact) mass is 599 g/mol. The van der Waals surface area contributed by atoms with Gasteiger partial charge in [-0.25, -0.2) is 17.2 Å². The first-order valence-corrected chi connectivity index (χ1v) is 13.9. The minimum Gasteiger partial charge on any atom is -0.341 e. The molecular formula is C26H19ClF5N3O4S. The third-order valence-corrected chi connectivity index (χ3v) is 9.14. The zero-order chi connectivity index (χ0) is 29.0. The predicted molar refractivity (Wildman–Crippen MR) is 136 cm³/mol. The molecule has 2 unspecified atom stereocenters. The van der Waals surface area contributed by atoms with Gasteiger partial charge in [0.1, 0.15) is 11.6 Å². The van der Waals surface area contributed by atoms with Gasteiger partial charge in [-0.3, -0.25) is 9.59 Å². The minimum absolute atomic E-state index is 0.00805. The number of anilines is 1. The lowest BCUT2D eigenvalue weighted by Crippen LogP contribution is -2.38. The van der Waals surface area contributed by atoms with E-state index in [-0.39, 0.29) is 57.9 Å². The Bertz CT molecular complexity index is 1660. The summed E-state index contributed by atoms with van der Waals surface area (Å²) in [5.41, 5.74) is -1.91. The Morgan fingerprint density at radius 1 is 1.02 bits per heavy atom. The molecule has 5 rings (SSSR count). The van der Waals surface area contributed by atoms with E-state index >= 15 is 0 Å². The number of hydrogen-bond donors (Lipinski definition) is 3. The number of fused-ring (bicyclic) bond motifs is 1. The number of rotatable bonds is 4. The number of halogens is 6. The van der Waals surface area contributed by atoms with Crippen molar-refractivity contribution in [3.05, 3.63) is 98.6 Å². The summed E-state index contributed by atoms with van der Waals surface area (Å²) in [6.07, 6.45) is -4.93. The van der Waals surface area contributed by atoms with E-state index in [1.807, 2.05) is 0 Å². The molecule has 2 aliphatic rings. The van der Waals surface area contributed by atoms with Gasteiger partial charge < -0.3 is 16.0 Å². The zero-order valence-electron chi connectivity index (χ0n) is 20.2. The summed E-state index contributed by atoms with van der Waals surface area (Å²) < 4.78 is 93.6. The molecule has 0 radical (unpaired) electrons.